The van der Waals surface area contributed by atoms with Crippen molar-refractivity contribution in [2.24, 2.45) is 5.92 Å². The SMILES string of the molecule is C[C@@H]1CCCCO[C@@H](CN(C)Cc2ccc(C(=O)O)cc2)[C@H](C)CN([C@@H](C)CO)C(=O)c2cc(NS(=O)(=O)c3cccs3)ccc2O1. The molecule has 1 amide bonds. The molecule has 0 saturated heterocycles. The Hall–Kier alpha value is -3.49. The number of thiophene rings is 1. The highest BCUT2D eigenvalue weighted by atomic mass is 32.2. The van der Waals surface area contributed by atoms with Crippen molar-refractivity contribution in [1.29, 1.82) is 0 Å². The Morgan fingerprint density at radius 2 is 1.89 bits per heavy atom. The zero-order chi connectivity index (χ0) is 34.1. The number of hydrogen-bond donors (Lipinski definition) is 3. The second-order valence-electron chi connectivity index (χ2n) is 12.2. The Morgan fingerprint density at radius 3 is 2.55 bits per heavy atom. The van der Waals surface area contributed by atoms with E-state index in [1.807, 2.05) is 20.9 Å². The van der Waals surface area contributed by atoms with Gasteiger partial charge in [0.2, 0.25) is 0 Å². The number of ether oxygens (including phenoxy) is 2. The number of anilines is 1. The molecule has 4 rings (SSSR count). The largest absolute Gasteiger partial charge is 0.490 e. The van der Waals surface area contributed by atoms with Gasteiger partial charge in [-0.15, -0.1) is 11.3 Å². The fourth-order valence-corrected chi connectivity index (χ4v) is 7.55. The molecule has 256 valence electrons. The van der Waals surface area contributed by atoms with Crippen LogP contribution in [0.5, 0.6) is 5.75 Å². The van der Waals surface area contributed by atoms with E-state index in [1.54, 1.807) is 59.7 Å². The molecule has 1 aromatic heterocycles. The van der Waals surface area contributed by atoms with Crippen LogP contribution in [0, 0.1) is 5.92 Å². The Morgan fingerprint density at radius 1 is 1.15 bits per heavy atom. The molecule has 2 heterocycles. The lowest BCUT2D eigenvalue weighted by Crippen LogP contribution is -2.47. The van der Waals surface area contributed by atoms with E-state index in [2.05, 4.69) is 9.62 Å². The molecular weight excluding hydrogens is 643 g/mol. The van der Waals surface area contributed by atoms with Crippen molar-refractivity contribution in [3.63, 3.8) is 0 Å². The number of aromatic carboxylic acids is 1. The number of benzene rings is 2. The number of fused-ring (bicyclic) bond motifs is 1. The van der Waals surface area contributed by atoms with Gasteiger partial charge in [-0.3, -0.25) is 14.4 Å². The van der Waals surface area contributed by atoms with Crippen molar-refractivity contribution in [2.45, 2.75) is 69.0 Å². The fourth-order valence-electron chi connectivity index (χ4n) is 5.51. The molecule has 0 aliphatic carbocycles. The van der Waals surface area contributed by atoms with Crippen LogP contribution in [-0.2, 0) is 21.3 Å². The normalized spacial score (nSPS) is 20.6. The summed E-state index contributed by atoms with van der Waals surface area (Å²) in [6.07, 6.45) is 1.94. The lowest BCUT2D eigenvalue weighted by Gasteiger charge is -2.36. The first kappa shape index (κ1) is 36.3. The molecule has 0 fully saturated rings. The van der Waals surface area contributed by atoms with Crippen LogP contribution in [0.2, 0.25) is 0 Å². The van der Waals surface area contributed by atoms with Crippen LogP contribution in [0.25, 0.3) is 0 Å². The first-order valence-corrected chi connectivity index (χ1v) is 18.2. The van der Waals surface area contributed by atoms with Crippen LogP contribution in [0.15, 0.2) is 64.2 Å². The fraction of sp³-hybridized carbons (Fsp3) is 0.471. The molecule has 47 heavy (non-hydrogen) atoms. The van der Waals surface area contributed by atoms with E-state index in [4.69, 9.17) is 9.47 Å². The summed E-state index contributed by atoms with van der Waals surface area (Å²) in [4.78, 5) is 29.3. The van der Waals surface area contributed by atoms with Gasteiger partial charge in [-0.2, -0.15) is 0 Å². The number of amides is 1. The number of likely N-dealkylation sites (N-methyl/N-ethyl adjacent to an activating group) is 1. The number of rotatable bonds is 10. The van der Waals surface area contributed by atoms with Crippen LogP contribution in [0.4, 0.5) is 5.69 Å². The number of carbonyl (C=O) groups is 2. The molecule has 1 aliphatic rings. The quantitative estimate of drug-likeness (QED) is 0.263. The maximum atomic E-state index is 14.3. The number of nitrogens with zero attached hydrogens (tertiary/aromatic N) is 2. The van der Waals surface area contributed by atoms with Crippen LogP contribution in [0.1, 0.15) is 66.3 Å². The van der Waals surface area contributed by atoms with Gasteiger partial charge < -0.3 is 24.6 Å². The van der Waals surface area contributed by atoms with Gasteiger partial charge in [-0.1, -0.05) is 25.1 Å². The lowest BCUT2D eigenvalue weighted by molar-refractivity contribution is -0.0177. The Labute approximate surface area is 281 Å². The molecular formula is C34H45N3O8S2. The second kappa shape index (κ2) is 16.6. The van der Waals surface area contributed by atoms with E-state index >= 15 is 0 Å². The summed E-state index contributed by atoms with van der Waals surface area (Å²) < 4.78 is 41.4. The first-order chi connectivity index (χ1) is 22.4. The van der Waals surface area contributed by atoms with Gasteiger partial charge in [0.15, 0.2) is 0 Å². The molecule has 4 atom stereocenters. The summed E-state index contributed by atoms with van der Waals surface area (Å²) in [5.41, 5.74) is 1.63. The Kier molecular flexibility index (Phi) is 12.8. The van der Waals surface area contributed by atoms with E-state index < -0.39 is 22.0 Å². The van der Waals surface area contributed by atoms with Gasteiger partial charge in [-0.05, 0) is 87.5 Å². The maximum absolute atomic E-state index is 14.3. The van der Waals surface area contributed by atoms with E-state index in [0.29, 0.717) is 25.4 Å². The van der Waals surface area contributed by atoms with Crippen LogP contribution in [-0.4, -0.2) is 91.9 Å². The minimum Gasteiger partial charge on any atom is -0.490 e. The van der Waals surface area contributed by atoms with Crippen molar-refractivity contribution < 1.29 is 37.7 Å². The summed E-state index contributed by atoms with van der Waals surface area (Å²) in [5.74, 6) is -1.15. The van der Waals surface area contributed by atoms with E-state index in [1.165, 1.54) is 12.1 Å². The van der Waals surface area contributed by atoms with Gasteiger partial charge >= 0.3 is 5.97 Å². The number of aliphatic hydroxyl groups is 1. The van der Waals surface area contributed by atoms with Crippen molar-refractivity contribution in [2.75, 3.05) is 38.1 Å². The highest BCUT2D eigenvalue weighted by molar-refractivity contribution is 7.94. The number of aliphatic hydroxyl groups excluding tert-OH is 1. The minimum atomic E-state index is -3.85. The first-order valence-electron chi connectivity index (χ1n) is 15.8. The third-order valence-corrected chi connectivity index (χ3v) is 11.0. The average molecular weight is 688 g/mol. The smallest absolute Gasteiger partial charge is 0.335 e. The van der Waals surface area contributed by atoms with Gasteiger partial charge in [-0.25, -0.2) is 13.2 Å². The van der Waals surface area contributed by atoms with Crippen molar-refractivity contribution >= 4 is 38.9 Å². The second-order valence-corrected chi connectivity index (χ2v) is 15.1. The number of carboxylic acids is 1. The Bertz CT molecular complexity index is 1580. The minimum absolute atomic E-state index is 0.142. The zero-order valence-electron chi connectivity index (χ0n) is 27.3. The molecule has 3 aromatic rings. The lowest BCUT2D eigenvalue weighted by atomic mass is 10.0. The summed E-state index contributed by atoms with van der Waals surface area (Å²) in [6.45, 7) is 7.39. The summed E-state index contributed by atoms with van der Waals surface area (Å²) in [7, 11) is -1.88. The molecule has 0 bridgehead atoms. The topological polar surface area (TPSA) is 146 Å². The van der Waals surface area contributed by atoms with E-state index in [-0.39, 0.29) is 58.2 Å². The molecule has 0 saturated carbocycles. The third kappa shape index (κ3) is 10.0. The summed E-state index contributed by atoms with van der Waals surface area (Å²) >= 11 is 1.10. The standard InChI is InChI=1S/C34H45N3O8S2/c1-23-19-37(24(2)22-38)33(39)29-18-28(35-47(42,43)32-9-7-17-46-32)14-15-30(29)45-25(3)8-5-6-16-44-31(23)21-36(4)20-26-10-12-27(13-11-26)34(40)41/h7,9-15,17-18,23-25,31,35,38H,5-6,8,16,19-22H2,1-4H3,(H,40,41)/t23-,24+,25-,31+/m1/s1. The zero-order valence-corrected chi connectivity index (χ0v) is 28.9. The monoisotopic (exact) mass is 687 g/mol. The van der Waals surface area contributed by atoms with Gasteiger partial charge in [0.1, 0.15) is 9.96 Å². The number of carbonyl (C=O) groups excluding carboxylic acids is 1. The van der Waals surface area contributed by atoms with Crippen molar-refractivity contribution in [1.82, 2.24) is 9.80 Å². The Balaban J connectivity index is 1.61. The number of sulfonamides is 1. The number of hydrogen-bond acceptors (Lipinski definition) is 9. The molecule has 1 aliphatic heterocycles. The molecule has 0 spiro atoms. The molecule has 0 radical (unpaired) electrons. The van der Waals surface area contributed by atoms with Gasteiger partial charge in [0.25, 0.3) is 15.9 Å². The molecule has 13 heteroatoms. The van der Waals surface area contributed by atoms with E-state index in [9.17, 15) is 28.2 Å². The van der Waals surface area contributed by atoms with Crippen molar-refractivity contribution in [3.05, 3.63) is 76.7 Å². The van der Waals surface area contributed by atoms with Gasteiger partial charge in [0, 0.05) is 37.8 Å². The average Bonchev–Trinajstić information content (AvgIpc) is 3.59. The predicted octanol–water partition coefficient (Wildman–Crippen LogP) is 5.17. The number of nitrogens with one attached hydrogen (secondary N) is 1. The highest BCUT2D eigenvalue weighted by Gasteiger charge is 2.31. The molecule has 2 aromatic carbocycles. The maximum Gasteiger partial charge on any atom is 0.335 e. The highest BCUT2D eigenvalue weighted by Crippen LogP contribution is 2.30. The van der Waals surface area contributed by atoms with Crippen LogP contribution < -0.4 is 9.46 Å². The third-order valence-electron chi connectivity index (χ3n) is 8.21. The molecule has 11 nitrogen and oxygen atoms in total. The summed E-state index contributed by atoms with van der Waals surface area (Å²) in [6, 6.07) is 14.1. The number of carboxylic acid groups (broad SMARTS) is 1. The molecule has 3 N–H and O–H groups in total. The van der Waals surface area contributed by atoms with Crippen LogP contribution >= 0.6 is 11.3 Å². The predicted molar refractivity (Wildman–Crippen MR) is 182 cm³/mol. The van der Waals surface area contributed by atoms with E-state index in [0.717, 1.165) is 36.2 Å². The summed E-state index contributed by atoms with van der Waals surface area (Å²) in [5, 5.41) is 21.1. The van der Waals surface area contributed by atoms with Crippen LogP contribution in [0.3, 0.4) is 0 Å². The molecule has 0 unspecified atom stereocenters. The van der Waals surface area contributed by atoms with Gasteiger partial charge in [0.05, 0.1) is 36.0 Å². The van der Waals surface area contributed by atoms with Crippen molar-refractivity contribution in [3.8, 4) is 5.75 Å².